The predicted octanol–water partition coefficient (Wildman–Crippen LogP) is -4.66. The lowest BCUT2D eigenvalue weighted by molar-refractivity contribution is -0.142. The Bertz CT molecular complexity index is 2290. The van der Waals surface area contributed by atoms with Crippen molar-refractivity contribution in [2.75, 3.05) is 37.7 Å². The van der Waals surface area contributed by atoms with Gasteiger partial charge in [0.05, 0.1) is 25.6 Å². The molecule has 434 valence electrons. The molecule has 10 atom stereocenters. The highest BCUT2D eigenvalue weighted by Gasteiger charge is 2.37. The van der Waals surface area contributed by atoms with E-state index in [0.29, 0.717) is 5.56 Å². The van der Waals surface area contributed by atoms with Crippen molar-refractivity contribution in [1.82, 2.24) is 47.9 Å². The van der Waals surface area contributed by atoms with Crippen molar-refractivity contribution >= 4 is 98.6 Å². The van der Waals surface area contributed by atoms with Crippen LogP contribution < -0.4 is 76.5 Å². The van der Waals surface area contributed by atoms with Gasteiger partial charge in [-0.1, -0.05) is 92.5 Å². The number of guanidine groups is 2. The molecule has 1 aliphatic rings. The van der Waals surface area contributed by atoms with Crippen molar-refractivity contribution in [3.05, 3.63) is 35.9 Å². The molecule has 1 fully saturated rings. The van der Waals surface area contributed by atoms with Crippen LogP contribution in [-0.2, 0) is 59.2 Å². The molecule has 0 saturated carbocycles. The van der Waals surface area contributed by atoms with Crippen LogP contribution in [0.4, 0.5) is 0 Å². The number of carboxylic acids is 2. The molecular weight excluding hydrogens is 1060 g/mol. The molecule has 2 rings (SSSR count). The summed E-state index contributed by atoms with van der Waals surface area (Å²) < 4.78 is 0. The fourth-order valence-electron chi connectivity index (χ4n) is 7.24. The number of hydrogen-bond acceptors (Lipinski definition) is 16. The summed E-state index contributed by atoms with van der Waals surface area (Å²) in [7, 11) is 1.95. The van der Waals surface area contributed by atoms with E-state index in [9.17, 15) is 63.0 Å². The third-order valence-corrected chi connectivity index (χ3v) is 14.5. The highest BCUT2D eigenvalue weighted by molar-refractivity contribution is 8.76. The normalized spacial score (nSPS) is 24.3. The summed E-state index contributed by atoms with van der Waals surface area (Å²) in [6.45, 7) is 5.19. The summed E-state index contributed by atoms with van der Waals surface area (Å²) in [5.41, 5.74) is 28.7. The maximum absolute atomic E-state index is 14.2. The van der Waals surface area contributed by atoms with Crippen LogP contribution >= 0.6 is 21.6 Å². The molecule has 0 aliphatic carbocycles. The van der Waals surface area contributed by atoms with E-state index in [1.54, 1.807) is 58.0 Å². The van der Waals surface area contributed by atoms with Crippen LogP contribution in [0.3, 0.4) is 0 Å². The first-order chi connectivity index (χ1) is 36.9. The van der Waals surface area contributed by atoms with E-state index in [1.807, 2.05) is 0 Å². The van der Waals surface area contributed by atoms with Gasteiger partial charge in [0.1, 0.15) is 42.3 Å². The average molecular weight is 1140 g/mol. The zero-order valence-electron chi connectivity index (χ0n) is 44.0. The number of benzene rings is 1. The molecule has 0 unspecified atom stereocenters. The monoisotopic (exact) mass is 1140 g/mol. The van der Waals surface area contributed by atoms with Crippen LogP contribution in [0.1, 0.15) is 78.2 Å². The maximum Gasteiger partial charge on any atom is 0.327 e. The van der Waals surface area contributed by atoms with Gasteiger partial charge in [-0.3, -0.25) is 57.9 Å². The minimum absolute atomic E-state index is 0.0132. The first kappa shape index (κ1) is 66.7. The minimum atomic E-state index is -1.87. The van der Waals surface area contributed by atoms with Crippen molar-refractivity contribution in [2.45, 2.75) is 127 Å². The Morgan fingerprint density at radius 1 is 0.590 bits per heavy atom. The van der Waals surface area contributed by atoms with Gasteiger partial charge in [0.2, 0.25) is 53.2 Å². The lowest BCUT2D eigenvalue weighted by Gasteiger charge is -2.29. The Hall–Kier alpha value is -7.41. The van der Waals surface area contributed by atoms with E-state index in [-0.39, 0.29) is 81.5 Å². The van der Waals surface area contributed by atoms with Gasteiger partial charge in [-0.2, -0.15) is 0 Å². The van der Waals surface area contributed by atoms with Gasteiger partial charge in [-0.05, 0) is 43.1 Å². The van der Waals surface area contributed by atoms with Gasteiger partial charge in [0.15, 0.2) is 11.9 Å². The Labute approximate surface area is 459 Å². The first-order valence-corrected chi connectivity index (χ1v) is 27.6. The molecule has 29 nitrogen and oxygen atoms in total. The molecule has 1 saturated heterocycles. The average Bonchev–Trinajstić information content (AvgIpc) is 3.39. The summed E-state index contributed by atoms with van der Waals surface area (Å²) in [4.78, 5) is 156. The number of carbonyl (C=O) groups is 11. The second-order valence-electron chi connectivity index (χ2n) is 18.3. The zero-order valence-corrected chi connectivity index (χ0v) is 45.7. The van der Waals surface area contributed by atoms with E-state index in [2.05, 4.69) is 57.8 Å². The number of nitrogens with one attached hydrogen (secondary N) is 9. The fourth-order valence-corrected chi connectivity index (χ4v) is 9.52. The predicted molar refractivity (Wildman–Crippen MR) is 291 cm³/mol. The molecule has 1 aromatic rings. The highest BCUT2D eigenvalue weighted by atomic mass is 33.1. The number of carboxylic acid groups (broad SMARTS) is 2. The van der Waals surface area contributed by atoms with Gasteiger partial charge in [-0.15, -0.1) is 0 Å². The number of aliphatic carboxylic acids is 2. The quantitative estimate of drug-likeness (QED) is 0.0302. The van der Waals surface area contributed by atoms with Gasteiger partial charge in [0, 0.05) is 31.0 Å². The number of hydrogen-bond donors (Lipinski definition) is 16. The highest BCUT2D eigenvalue weighted by Crippen LogP contribution is 2.23. The number of carbonyl (C=O) groups excluding carboxylic acids is 9. The molecule has 0 spiro atoms. The van der Waals surface area contributed by atoms with Crippen LogP contribution in [0.25, 0.3) is 0 Å². The summed E-state index contributed by atoms with van der Waals surface area (Å²) in [6.07, 6.45) is -0.650. The Morgan fingerprint density at radius 2 is 1.06 bits per heavy atom. The molecule has 1 aromatic carbocycles. The molecule has 0 radical (unpaired) electrons. The molecular formula is C47H76N16O13S2. The van der Waals surface area contributed by atoms with Crippen LogP contribution in [0.5, 0.6) is 0 Å². The van der Waals surface area contributed by atoms with Gasteiger partial charge in [-0.25, -0.2) is 4.79 Å². The summed E-state index contributed by atoms with van der Waals surface area (Å²) in [5.74, 6) is -13.4. The van der Waals surface area contributed by atoms with Crippen LogP contribution in [-0.4, -0.2) is 173 Å². The summed E-state index contributed by atoms with van der Waals surface area (Å²) >= 11 is 0. The molecule has 0 bridgehead atoms. The van der Waals surface area contributed by atoms with Gasteiger partial charge >= 0.3 is 11.9 Å². The van der Waals surface area contributed by atoms with Crippen molar-refractivity contribution in [3.8, 4) is 0 Å². The number of nitrogens with two attached hydrogens (primary N) is 5. The number of rotatable bonds is 17. The van der Waals surface area contributed by atoms with E-state index >= 15 is 0 Å². The zero-order chi connectivity index (χ0) is 58.5. The molecule has 31 heteroatoms. The smallest absolute Gasteiger partial charge is 0.327 e. The van der Waals surface area contributed by atoms with Crippen LogP contribution in [0.15, 0.2) is 40.3 Å². The minimum Gasteiger partial charge on any atom is -0.481 e. The molecule has 0 aromatic heterocycles. The standard InChI is InChI=1S/C47H76N16O13S2/c1-5-24(3)36-43(73)60-31(19-35(66)67)42(72)58-29(15-11-17-54-47(51)52)41(71)63-37(25(4)6-2)44(74)61-32(45(75)76)23-78-77-22-27(48)38(68)59-30(18-26-12-8-7-9-13-26)39(69)56-20-33(64)55-21-34(65)57-28(40(70)62-36)14-10-16-53-46(49)50/h7-9,12-13,24-25,27-32,36-37H,5-6,10-11,14-23,48H2,1-4H3,(H,55,64)(H,56,69)(H,57,65)(H,58,72)(H,59,68)(H,60,73)(H,61,74)(H,62,70)(H,63,71)(H,66,67)(H,75,76)(H4,49,50,53)(H4,51,52,54)/t24-,25-,27-,28-,29+,30+,31-,32-,36+,37-/m0/s1. The fraction of sp³-hybridized carbons (Fsp3) is 0.596. The Kier molecular flexibility index (Phi) is 30.0. The third-order valence-electron chi connectivity index (χ3n) is 12.1. The number of nitrogens with zero attached hydrogens (tertiary/aromatic N) is 2. The van der Waals surface area contributed by atoms with Crippen molar-refractivity contribution < 1.29 is 63.0 Å². The van der Waals surface area contributed by atoms with Crippen molar-refractivity contribution in [1.29, 1.82) is 0 Å². The van der Waals surface area contributed by atoms with E-state index < -0.39 is 145 Å². The molecule has 21 N–H and O–H groups in total. The lowest BCUT2D eigenvalue weighted by atomic mass is 9.96. The van der Waals surface area contributed by atoms with Gasteiger partial charge in [0.25, 0.3) is 0 Å². The van der Waals surface area contributed by atoms with E-state index in [4.69, 9.17) is 28.7 Å². The Balaban J connectivity index is 2.66. The van der Waals surface area contributed by atoms with Crippen LogP contribution in [0, 0.1) is 11.8 Å². The molecule has 1 heterocycles. The molecule has 9 amide bonds. The van der Waals surface area contributed by atoms with Gasteiger partial charge < -0.3 is 86.7 Å². The SMILES string of the molecule is CC[C@H](C)[C@@H]1NC(=O)[C@@H](CCCN=C(N)N)NC(=O)[C@H](CC(=O)O)NC(=O)[C@@H]([C@@H](C)CC)NC(=O)[C@H](CCCN=C(N)N)NC(=O)CNC(=O)CNC(=O)[C@@H](Cc2ccccc2)NC(=O)[C@@H](N)CSSC[C@@H](C(=O)O)NC1=O. The number of aliphatic imine (C=N–C) groups is 2. The largest absolute Gasteiger partial charge is 0.481 e. The van der Waals surface area contributed by atoms with Crippen molar-refractivity contribution in [2.24, 2.45) is 50.5 Å². The van der Waals surface area contributed by atoms with Crippen molar-refractivity contribution in [3.63, 3.8) is 0 Å². The molecule has 1 aliphatic heterocycles. The number of amides is 9. The second-order valence-corrected chi connectivity index (χ2v) is 20.9. The Morgan fingerprint density at radius 3 is 1.58 bits per heavy atom. The van der Waals surface area contributed by atoms with E-state index in [0.717, 1.165) is 21.6 Å². The third kappa shape index (κ3) is 25.2. The first-order valence-electron chi connectivity index (χ1n) is 25.1. The lowest BCUT2D eigenvalue weighted by Crippen LogP contribution is -2.61. The maximum atomic E-state index is 14.2. The van der Waals surface area contributed by atoms with E-state index in [1.165, 1.54) is 0 Å². The topological polar surface area (TPSA) is 491 Å². The summed E-state index contributed by atoms with van der Waals surface area (Å²) in [6, 6.07) is -3.10. The second kappa shape index (κ2) is 35.1. The molecule has 78 heavy (non-hydrogen) atoms. The van der Waals surface area contributed by atoms with Crippen LogP contribution in [0.2, 0.25) is 0 Å². The summed E-state index contributed by atoms with van der Waals surface area (Å²) in [5, 5.41) is 42.3.